The van der Waals surface area contributed by atoms with E-state index >= 15 is 0 Å². The van der Waals surface area contributed by atoms with Gasteiger partial charge in [-0.1, -0.05) is 43.8 Å². The molecule has 2 rings (SSSR count). The SMILES string of the molecule is CCCC(NC(=O)C1CSc2ccccc21)C(N)=S. The Balaban J connectivity index is 2.07. The van der Waals surface area contributed by atoms with Crippen molar-refractivity contribution in [2.75, 3.05) is 5.75 Å². The van der Waals surface area contributed by atoms with Gasteiger partial charge in [0, 0.05) is 10.6 Å². The largest absolute Gasteiger partial charge is 0.392 e. The summed E-state index contributed by atoms with van der Waals surface area (Å²) in [5, 5.41) is 2.98. The topological polar surface area (TPSA) is 55.1 Å². The molecule has 0 saturated heterocycles. The minimum atomic E-state index is -0.190. The van der Waals surface area contributed by atoms with Crippen LogP contribution in [0.4, 0.5) is 0 Å². The van der Waals surface area contributed by atoms with Crippen molar-refractivity contribution in [1.29, 1.82) is 0 Å². The van der Waals surface area contributed by atoms with Gasteiger partial charge in [-0.3, -0.25) is 4.79 Å². The lowest BCUT2D eigenvalue weighted by molar-refractivity contribution is -0.122. The van der Waals surface area contributed by atoms with Gasteiger partial charge in [-0.15, -0.1) is 11.8 Å². The molecule has 0 aromatic heterocycles. The molecule has 0 spiro atoms. The lowest BCUT2D eigenvalue weighted by Gasteiger charge is -2.19. The summed E-state index contributed by atoms with van der Waals surface area (Å²) < 4.78 is 0. The summed E-state index contributed by atoms with van der Waals surface area (Å²) in [5.41, 5.74) is 6.79. The second-order valence-corrected chi connectivity index (χ2v) is 6.19. The number of nitrogens with two attached hydrogens (primary N) is 1. The van der Waals surface area contributed by atoms with Crippen LogP contribution in [-0.4, -0.2) is 22.7 Å². The molecule has 1 aliphatic rings. The predicted molar refractivity (Wildman–Crippen MR) is 83.5 cm³/mol. The van der Waals surface area contributed by atoms with Crippen LogP contribution in [0.2, 0.25) is 0 Å². The number of thiocarbonyl (C=S) groups is 1. The summed E-state index contributed by atoms with van der Waals surface area (Å²) in [6.45, 7) is 2.05. The van der Waals surface area contributed by atoms with E-state index in [0.29, 0.717) is 4.99 Å². The summed E-state index contributed by atoms with van der Waals surface area (Å²) in [7, 11) is 0. The molecule has 0 fully saturated rings. The van der Waals surface area contributed by atoms with Gasteiger partial charge in [0.2, 0.25) is 5.91 Å². The molecular formula is C14H18N2OS2. The molecule has 1 aromatic rings. The first kappa shape index (κ1) is 14.3. The molecule has 102 valence electrons. The van der Waals surface area contributed by atoms with Crippen molar-refractivity contribution in [3.05, 3.63) is 29.8 Å². The van der Waals surface area contributed by atoms with Crippen LogP contribution >= 0.6 is 24.0 Å². The number of nitrogens with one attached hydrogen (secondary N) is 1. The number of hydrogen-bond acceptors (Lipinski definition) is 3. The fraction of sp³-hybridized carbons (Fsp3) is 0.429. The van der Waals surface area contributed by atoms with E-state index in [9.17, 15) is 4.79 Å². The molecular weight excluding hydrogens is 276 g/mol. The van der Waals surface area contributed by atoms with Gasteiger partial charge in [0.1, 0.15) is 0 Å². The van der Waals surface area contributed by atoms with Crippen molar-refractivity contribution in [1.82, 2.24) is 5.32 Å². The maximum Gasteiger partial charge on any atom is 0.228 e. The lowest BCUT2D eigenvalue weighted by atomic mass is 10.00. The van der Waals surface area contributed by atoms with Crippen LogP contribution in [-0.2, 0) is 4.79 Å². The first-order valence-electron chi connectivity index (χ1n) is 6.45. The van der Waals surface area contributed by atoms with E-state index < -0.39 is 0 Å². The van der Waals surface area contributed by atoms with Crippen LogP contribution in [0.15, 0.2) is 29.2 Å². The van der Waals surface area contributed by atoms with E-state index in [1.54, 1.807) is 11.8 Å². The molecule has 1 heterocycles. The van der Waals surface area contributed by atoms with Gasteiger partial charge < -0.3 is 11.1 Å². The van der Waals surface area contributed by atoms with Crippen LogP contribution in [0.25, 0.3) is 0 Å². The van der Waals surface area contributed by atoms with Crippen molar-refractivity contribution in [3.8, 4) is 0 Å². The Hall–Kier alpha value is -1.07. The smallest absolute Gasteiger partial charge is 0.228 e. The Morgan fingerprint density at radius 2 is 2.32 bits per heavy atom. The van der Waals surface area contributed by atoms with E-state index in [-0.39, 0.29) is 17.9 Å². The third kappa shape index (κ3) is 3.28. The van der Waals surface area contributed by atoms with Crippen molar-refractivity contribution >= 4 is 34.9 Å². The number of hydrogen-bond donors (Lipinski definition) is 2. The second kappa shape index (κ2) is 6.39. The molecule has 0 radical (unpaired) electrons. The van der Waals surface area contributed by atoms with E-state index in [1.807, 2.05) is 18.2 Å². The Kier molecular flexibility index (Phi) is 4.82. The van der Waals surface area contributed by atoms with E-state index in [2.05, 4.69) is 18.3 Å². The van der Waals surface area contributed by atoms with Gasteiger partial charge in [-0.05, 0) is 18.1 Å². The molecule has 0 aliphatic carbocycles. The van der Waals surface area contributed by atoms with Gasteiger partial charge in [-0.2, -0.15) is 0 Å². The van der Waals surface area contributed by atoms with Gasteiger partial charge in [0.15, 0.2) is 0 Å². The maximum absolute atomic E-state index is 12.4. The van der Waals surface area contributed by atoms with Gasteiger partial charge in [0.25, 0.3) is 0 Å². The maximum atomic E-state index is 12.4. The zero-order chi connectivity index (χ0) is 13.8. The molecule has 3 nitrogen and oxygen atoms in total. The molecule has 2 atom stereocenters. The van der Waals surface area contributed by atoms with E-state index in [1.165, 1.54) is 4.90 Å². The summed E-state index contributed by atoms with van der Waals surface area (Å²) in [4.78, 5) is 13.9. The molecule has 5 heteroatoms. The average molecular weight is 294 g/mol. The summed E-state index contributed by atoms with van der Waals surface area (Å²) in [5.74, 6) is 0.736. The number of fused-ring (bicyclic) bond motifs is 1. The summed E-state index contributed by atoms with van der Waals surface area (Å²) >= 11 is 6.74. The molecule has 0 bridgehead atoms. The first-order chi connectivity index (χ1) is 9.13. The normalized spacial score (nSPS) is 18.7. The fourth-order valence-corrected chi connectivity index (χ4v) is 3.63. The number of carbonyl (C=O) groups excluding carboxylic acids is 1. The van der Waals surface area contributed by atoms with Crippen LogP contribution in [0.5, 0.6) is 0 Å². The highest BCUT2D eigenvalue weighted by molar-refractivity contribution is 7.99. The number of amides is 1. The number of carbonyl (C=O) groups is 1. The zero-order valence-electron chi connectivity index (χ0n) is 10.9. The third-order valence-corrected chi connectivity index (χ3v) is 4.72. The summed E-state index contributed by atoms with van der Waals surface area (Å²) in [6, 6.07) is 7.87. The van der Waals surface area contributed by atoms with Gasteiger partial charge in [-0.25, -0.2) is 0 Å². The van der Waals surface area contributed by atoms with Gasteiger partial charge >= 0.3 is 0 Å². The van der Waals surface area contributed by atoms with Crippen LogP contribution in [0.3, 0.4) is 0 Å². The van der Waals surface area contributed by atoms with Crippen molar-refractivity contribution in [2.24, 2.45) is 5.73 Å². The van der Waals surface area contributed by atoms with Crippen molar-refractivity contribution in [2.45, 2.75) is 36.6 Å². The number of rotatable bonds is 5. The molecule has 1 aliphatic heterocycles. The minimum Gasteiger partial charge on any atom is -0.392 e. The van der Waals surface area contributed by atoms with E-state index in [4.69, 9.17) is 18.0 Å². The molecule has 1 aromatic carbocycles. The highest BCUT2D eigenvalue weighted by Crippen LogP contribution is 2.39. The molecule has 19 heavy (non-hydrogen) atoms. The Morgan fingerprint density at radius 3 is 3.00 bits per heavy atom. The zero-order valence-corrected chi connectivity index (χ0v) is 12.5. The Bertz CT molecular complexity index is 490. The van der Waals surface area contributed by atoms with Crippen molar-refractivity contribution < 1.29 is 4.79 Å². The average Bonchev–Trinajstić information content (AvgIpc) is 2.81. The Labute approximate surface area is 123 Å². The first-order valence-corrected chi connectivity index (χ1v) is 7.84. The van der Waals surface area contributed by atoms with Crippen LogP contribution in [0.1, 0.15) is 31.2 Å². The monoisotopic (exact) mass is 294 g/mol. The predicted octanol–water partition coefficient (Wildman–Crippen LogP) is 2.45. The molecule has 1 amide bonds. The van der Waals surface area contributed by atoms with Gasteiger partial charge in [0.05, 0.1) is 16.9 Å². The van der Waals surface area contributed by atoms with Crippen LogP contribution in [0, 0.1) is 0 Å². The van der Waals surface area contributed by atoms with Crippen molar-refractivity contribution in [3.63, 3.8) is 0 Å². The molecule has 0 saturated carbocycles. The number of thioether (sulfide) groups is 1. The second-order valence-electron chi connectivity index (χ2n) is 4.65. The van der Waals surface area contributed by atoms with Crippen LogP contribution < -0.4 is 11.1 Å². The van der Waals surface area contributed by atoms with E-state index in [0.717, 1.165) is 24.2 Å². The standard InChI is InChI=1S/C14H18N2OS2/c1-2-5-11(13(15)18)16-14(17)10-8-19-12-7-4-3-6-9(10)12/h3-4,6-7,10-11H,2,5,8H2,1H3,(H2,15,18)(H,16,17). The Morgan fingerprint density at radius 1 is 1.58 bits per heavy atom. The lowest BCUT2D eigenvalue weighted by Crippen LogP contribution is -2.45. The quantitative estimate of drug-likeness (QED) is 0.819. The molecule has 2 unspecified atom stereocenters. The summed E-state index contributed by atoms with van der Waals surface area (Å²) in [6.07, 6.45) is 1.74. The third-order valence-electron chi connectivity index (χ3n) is 3.25. The highest BCUT2D eigenvalue weighted by atomic mass is 32.2. The fourth-order valence-electron chi connectivity index (χ4n) is 2.23. The minimum absolute atomic E-state index is 0.0312. The highest BCUT2D eigenvalue weighted by Gasteiger charge is 2.30. The number of benzene rings is 1. The molecule has 3 N–H and O–H groups in total.